The Bertz CT molecular complexity index is 3330. The number of fused-ring (bicyclic) bond motifs is 6. The molecule has 1 saturated carbocycles. The highest BCUT2D eigenvalue weighted by atomic mass is 28.3. The molecule has 0 spiro atoms. The highest BCUT2D eigenvalue weighted by Gasteiger charge is 2.41. The predicted octanol–water partition coefficient (Wildman–Crippen LogP) is 13.0. The van der Waals surface area contributed by atoms with E-state index in [1.807, 2.05) is 0 Å². The van der Waals surface area contributed by atoms with Crippen molar-refractivity contribution in [2.75, 3.05) is 0 Å². The molecule has 9 aromatic carbocycles. The van der Waals surface area contributed by atoms with Crippen molar-refractivity contribution in [2.45, 2.75) is 38.0 Å². The van der Waals surface area contributed by atoms with Crippen LogP contribution in [0.15, 0.2) is 224 Å². The number of nitrogens with zero attached hydrogens (tertiary/aromatic N) is 2. The first-order valence-electron chi connectivity index (χ1n) is 22.7. The second-order valence-corrected chi connectivity index (χ2v) is 21.3. The minimum atomic E-state index is -2.69. The SMILES string of the molecule is c1ccc([Si](c2ccccc2)(c2ccccc2)c2cccc(-c3cccc(-n4c5ccccc5c5cc(-n6c7ccccc7c7c(C8CCCCC8)cccc76)ccc54)c3)c2)cc1. The molecule has 0 atom stereocenters. The van der Waals surface area contributed by atoms with E-state index in [-0.39, 0.29) is 0 Å². The lowest BCUT2D eigenvalue weighted by Crippen LogP contribution is -2.74. The Kier molecular flexibility index (Phi) is 9.30. The molecule has 1 fully saturated rings. The maximum absolute atomic E-state index is 2.69. The molecular weight excluding hydrogens is 777 g/mol. The molecule has 0 amide bonds. The fraction of sp³-hybridized carbons (Fsp3) is 0.100. The summed E-state index contributed by atoms with van der Waals surface area (Å²) in [6.45, 7) is 0. The molecule has 0 bridgehead atoms. The molecule has 2 nitrogen and oxygen atoms in total. The number of hydrogen-bond acceptors (Lipinski definition) is 0. The lowest BCUT2D eigenvalue weighted by Gasteiger charge is -2.34. The van der Waals surface area contributed by atoms with Crippen LogP contribution in [0.5, 0.6) is 0 Å². The van der Waals surface area contributed by atoms with Crippen LogP contribution >= 0.6 is 0 Å². The molecule has 0 N–H and O–H groups in total. The summed E-state index contributed by atoms with van der Waals surface area (Å²) in [7, 11) is -2.69. The normalized spacial score (nSPS) is 13.7. The molecule has 2 heterocycles. The molecule has 63 heavy (non-hydrogen) atoms. The molecule has 302 valence electrons. The summed E-state index contributed by atoms with van der Waals surface area (Å²) in [4.78, 5) is 0. The summed E-state index contributed by atoms with van der Waals surface area (Å²) in [5, 5.41) is 10.8. The summed E-state index contributed by atoms with van der Waals surface area (Å²) in [5.41, 5.74) is 11.3. The first kappa shape index (κ1) is 37.5. The molecule has 2 aromatic heterocycles. The minimum Gasteiger partial charge on any atom is -0.309 e. The van der Waals surface area contributed by atoms with Gasteiger partial charge in [-0.3, -0.25) is 0 Å². The first-order valence-corrected chi connectivity index (χ1v) is 24.7. The lowest BCUT2D eigenvalue weighted by molar-refractivity contribution is 0.445. The lowest BCUT2D eigenvalue weighted by atomic mass is 9.82. The van der Waals surface area contributed by atoms with Crippen LogP contribution in [0.25, 0.3) is 66.1 Å². The van der Waals surface area contributed by atoms with Gasteiger partial charge in [0.05, 0.1) is 22.1 Å². The Morgan fingerprint density at radius 2 is 0.825 bits per heavy atom. The van der Waals surface area contributed by atoms with Gasteiger partial charge in [0.2, 0.25) is 0 Å². The van der Waals surface area contributed by atoms with Crippen molar-refractivity contribution in [3.05, 3.63) is 230 Å². The Morgan fingerprint density at radius 1 is 0.333 bits per heavy atom. The Hall–Kier alpha value is -7.20. The van der Waals surface area contributed by atoms with E-state index in [2.05, 4.69) is 234 Å². The summed E-state index contributed by atoms with van der Waals surface area (Å²) >= 11 is 0. The van der Waals surface area contributed by atoms with Crippen LogP contribution in [0, 0.1) is 0 Å². The summed E-state index contributed by atoms with van der Waals surface area (Å²) in [6, 6.07) is 84.3. The van der Waals surface area contributed by atoms with Crippen molar-refractivity contribution in [3.8, 4) is 22.5 Å². The monoisotopic (exact) mass is 824 g/mol. The van der Waals surface area contributed by atoms with Crippen LogP contribution < -0.4 is 20.7 Å². The quantitative estimate of drug-likeness (QED) is 0.107. The van der Waals surface area contributed by atoms with Crippen LogP contribution in [0.3, 0.4) is 0 Å². The van der Waals surface area contributed by atoms with E-state index < -0.39 is 8.07 Å². The van der Waals surface area contributed by atoms with Crippen LogP contribution in [0.1, 0.15) is 43.6 Å². The van der Waals surface area contributed by atoms with Gasteiger partial charge >= 0.3 is 0 Å². The summed E-state index contributed by atoms with van der Waals surface area (Å²) in [6.07, 6.45) is 6.59. The second kappa shape index (κ2) is 15.6. The maximum atomic E-state index is 2.51. The largest absolute Gasteiger partial charge is 0.309 e. The van der Waals surface area contributed by atoms with Crippen molar-refractivity contribution < 1.29 is 0 Å². The predicted molar refractivity (Wildman–Crippen MR) is 270 cm³/mol. The highest BCUT2D eigenvalue weighted by molar-refractivity contribution is 7.19. The Labute approximate surface area is 370 Å². The summed E-state index contributed by atoms with van der Waals surface area (Å²) in [5.74, 6) is 0.626. The third kappa shape index (κ3) is 6.13. The van der Waals surface area contributed by atoms with Crippen molar-refractivity contribution in [1.82, 2.24) is 9.13 Å². The van der Waals surface area contributed by atoms with Gasteiger partial charge in [-0.25, -0.2) is 0 Å². The van der Waals surface area contributed by atoms with E-state index in [1.54, 1.807) is 0 Å². The van der Waals surface area contributed by atoms with Gasteiger partial charge in [-0.1, -0.05) is 195 Å². The van der Waals surface area contributed by atoms with Gasteiger partial charge in [-0.2, -0.15) is 0 Å². The third-order valence-electron chi connectivity index (χ3n) is 14.0. The molecule has 1 aliphatic rings. The van der Waals surface area contributed by atoms with Crippen LogP contribution in [0.4, 0.5) is 0 Å². The zero-order chi connectivity index (χ0) is 41.7. The zero-order valence-electron chi connectivity index (χ0n) is 35.4. The number of aromatic nitrogens is 2. The average molecular weight is 825 g/mol. The van der Waals surface area contributed by atoms with Gasteiger partial charge in [0.25, 0.3) is 0 Å². The molecule has 0 saturated heterocycles. The van der Waals surface area contributed by atoms with Gasteiger partial charge in [-0.05, 0) is 105 Å². The van der Waals surface area contributed by atoms with Gasteiger partial charge in [0.15, 0.2) is 8.07 Å². The van der Waals surface area contributed by atoms with Crippen LogP contribution in [-0.4, -0.2) is 17.2 Å². The molecule has 1 aliphatic carbocycles. The smallest absolute Gasteiger partial charge is 0.179 e. The topological polar surface area (TPSA) is 9.86 Å². The van der Waals surface area contributed by atoms with Gasteiger partial charge in [0, 0.05) is 32.9 Å². The van der Waals surface area contributed by atoms with Crippen molar-refractivity contribution >= 4 is 72.4 Å². The van der Waals surface area contributed by atoms with E-state index in [0.717, 1.165) is 5.69 Å². The fourth-order valence-electron chi connectivity index (χ4n) is 11.3. The zero-order valence-corrected chi connectivity index (χ0v) is 36.4. The number of benzene rings is 9. The van der Waals surface area contributed by atoms with Crippen LogP contribution in [0.2, 0.25) is 0 Å². The minimum absolute atomic E-state index is 0.626. The number of hydrogen-bond donors (Lipinski definition) is 0. The van der Waals surface area contributed by atoms with E-state index in [4.69, 9.17) is 0 Å². The number of rotatable bonds is 8. The average Bonchev–Trinajstić information content (AvgIpc) is 3.88. The third-order valence-corrected chi connectivity index (χ3v) is 18.8. The van der Waals surface area contributed by atoms with Gasteiger partial charge in [0.1, 0.15) is 0 Å². The van der Waals surface area contributed by atoms with E-state index in [1.165, 1.54) is 119 Å². The molecule has 0 aliphatic heterocycles. The van der Waals surface area contributed by atoms with Crippen molar-refractivity contribution in [2.24, 2.45) is 0 Å². The van der Waals surface area contributed by atoms with E-state index in [0.29, 0.717) is 5.92 Å². The van der Waals surface area contributed by atoms with Crippen molar-refractivity contribution in [3.63, 3.8) is 0 Å². The molecule has 11 aromatic rings. The number of para-hydroxylation sites is 2. The molecular formula is C60H48N2Si. The Morgan fingerprint density at radius 3 is 1.51 bits per heavy atom. The Balaban J connectivity index is 1.01. The van der Waals surface area contributed by atoms with Crippen molar-refractivity contribution in [1.29, 1.82) is 0 Å². The first-order chi connectivity index (χ1) is 31.3. The summed E-state index contributed by atoms with van der Waals surface area (Å²) < 4.78 is 4.98. The highest BCUT2D eigenvalue weighted by Crippen LogP contribution is 2.42. The molecule has 0 unspecified atom stereocenters. The molecule has 3 heteroatoms. The van der Waals surface area contributed by atoms with Gasteiger partial charge < -0.3 is 9.13 Å². The van der Waals surface area contributed by atoms with Gasteiger partial charge in [-0.15, -0.1) is 0 Å². The molecule has 12 rings (SSSR count). The van der Waals surface area contributed by atoms with E-state index in [9.17, 15) is 0 Å². The fourth-order valence-corrected chi connectivity index (χ4v) is 16.1. The second-order valence-electron chi connectivity index (χ2n) is 17.5. The molecule has 0 radical (unpaired) electrons. The standard InChI is InChI=1S/C60H48N2Si/c1-5-20-43(21-6-1)52-34-19-37-59-60(52)54-33-14-16-36-57(54)62(59)47-38-39-58-55(42-47)53-32-13-15-35-56(53)61(58)46-24-17-22-44(40-46)45-23-18-31-51(41-45)63(48-25-7-2-8-26-48,49-27-9-3-10-28-49)50-29-11-4-12-30-50/h2-4,7-19,22-43H,1,5-6,20-21H2. The maximum Gasteiger partial charge on any atom is 0.179 e. The van der Waals surface area contributed by atoms with E-state index >= 15 is 0 Å². The van der Waals surface area contributed by atoms with Crippen LogP contribution in [-0.2, 0) is 0 Å².